The molecule has 0 aliphatic heterocycles. The minimum atomic E-state index is 1.15. The summed E-state index contributed by atoms with van der Waals surface area (Å²) in [7, 11) is 0. The van der Waals surface area contributed by atoms with E-state index in [9.17, 15) is 0 Å². The molecule has 0 fully saturated rings. The predicted octanol–water partition coefficient (Wildman–Crippen LogP) is 13.0. The Morgan fingerprint density at radius 1 is 0.280 bits per heavy atom. The maximum atomic E-state index is 2.46. The lowest BCUT2D eigenvalue weighted by atomic mass is 9.89. The third-order valence-electron chi connectivity index (χ3n) is 10.7. The molecule has 0 aliphatic rings. The van der Waals surface area contributed by atoms with E-state index in [1.165, 1.54) is 92.7 Å². The fraction of sp³-hybridized carbons (Fsp3) is 0. The quantitative estimate of drug-likeness (QED) is 0.171. The first-order valence-electron chi connectivity index (χ1n) is 17.3. The van der Waals surface area contributed by atoms with Gasteiger partial charge in [-0.1, -0.05) is 140 Å². The van der Waals surface area contributed by atoms with Gasteiger partial charge in [0.05, 0.1) is 22.1 Å². The molecule has 0 spiro atoms. The second-order valence-electron chi connectivity index (χ2n) is 13.3. The Bertz CT molecular complexity index is 3100. The number of fused-ring (bicyclic) bond motifs is 13. The van der Waals surface area contributed by atoms with Crippen LogP contribution in [0.2, 0.25) is 0 Å². The molecule has 2 aromatic heterocycles. The third-order valence-corrected chi connectivity index (χ3v) is 10.7. The first-order chi connectivity index (χ1) is 24.8. The van der Waals surface area contributed by atoms with Crippen LogP contribution < -0.4 is 0 Å². The molecule has 2 heterocycles. The number of hydrogen-bond donors (Lipinski definition) is 0. The summed E-state index contributed by atoms with van der Waals surface area (Å²) in [5.74, 6) is 0. The zero-order valence-corrected chi connectivity index (χ0v) is 27.2. The van der Waals surface area contributed by atoms with Crippen molar-refractivity contribution in [3.8, 4) is 22.5 Å². The van der Waals surface area contributed by atoms with Crippen molar-refractivity contribution in [2.75, 3.05) is 0 Å². The van der Waals surface area contributed by atoms with Crippen molar-refractivity contribution in [3.05, 3.63) is 182 Å². The van der Waals surface area contributed by atoms with Crippen LogP contribution in [-0.2, 0) is 0 Å². The molecule has 11 aromatic rings. The van der Waals surface area contributed by atoms with Crippen molar-refractivity contribution >= 4 is 75.9 Å². The molecule has 50 heavy (non-hydrogen) atoms. The second-order valence-corrected chi connectivity index (χ2v) is 13.3. The molecule has 0 unspecified atom stereocenters. The summed E-state index contributed by atoms with van der Waals surface area (Å²) in [5, 5.41) is 12.8. The van der Waals surface area contributed by atoms with Crippen LogP contribution >= 0.6 is 0 Å². The van der Waals surface area contributed by atoms with Crippen molar-refractivity contribution < 1.29 is 0 Å². The van der Waals surface area contributed by atoms with E-state index in [2.05, 4.69) is 191 Å². The summed E-state index contributed by atoms with van der Waals surface area (Å²) in [4.78, 5) is 0. The Kier molecular flexibility index (Phi) is 5.70. The normalized spacial score (nSPS) is 12.0. The van der Waals surface area contributed by atoms with Crippen molar-refractivity contribution in [1.82, 2.24) is 9.13 Å². The van der Waals surface area contributed by atoms with Crippen LogP contribution in [0.25, 0.3) is 98.4 Å². The van der Waals surface area contributed by atoms with E-state index in [1.54, 1.807) is 0 Å². The maximum Gasteiger partial charge on any atom is 0.0641 e. The van der Waals surface area contributed by atoms with Crippen LogP contribution in [0, 0.1) is 0 Å². The molecule has 0 amide bonds. The number of aromatic nitrogens is 2. The van der Waals surface area contributed by atoms with Crippen LogP contribution in [0.5, 0.6) is 0 Å². The molecule has 11 rings (SSSR count). The summed E-state index contributed by atoms with van der Waals surface area (Å²) in [6.45, 7) is 0. The summed E-state index contributed by atoms with van der Waals surface area (Å²) < 4.78 is 4.91. The van der Waals surface area contributed by atoms with Crippen molar-refractivity contribution in [2.45, 2.75) is 0 Å². The molecule has 0 bridgehead atoms. The molecule has 2 nitrogen and oxygen atoms in total. The zero-order valence-electron chi connectivity index (χ0n) is 27.2. The smallest absolute Gasteiger partial charge is 0.0641 e. The lowest BCUT2D eigenvalue weighted by Gasteiger charge is -2.15. The minimum absolute atomic E-state index is 1.15. The van der Waals surface area contributed by atoms with Gasteiger partial charge in [-0.05, 0) is 85.9 Å². The Morgan fingerprint density at radius 3 is 1.56 bits per heavy atom. The highest BCUT2D eigenvalue weighted by Gasteiger charge is 2.21. The van der Waals surface area contributed by atoms with Gasteiger partial charge >= 0.3 is 0 Å². The van der Waals surface area contributed by atoms with Crippen molar-refractivity contribution in [1.29, 1.82) is 0 Å². The summed E-state index contributed by atoms with van der Waals surface area (Å²) >= 11 is 0. The number of hydrogen-bond acceptors (Lipinski definition) is 0. The third kappa shape index (κ3) is 3.73. The molecule has 232 valence electrons. The van der Waals surface area contributed by atoms with E-state index >= 15 is 0 Å². The highest BCUT2D eigenvalue weighted by molar-refractivity contribution is 6.29. The Labute approximate surface area is 288 Å². The molecular formula is C48H30N2. The summed E-state index contributed by atoms with van der Waals surface area (Å²) in [6, 6.07) is 66.6. The zero-order chi connectivity index (χ0) is 32.8. The molecule has 0 atom stereocenters. The van der Waals surface area contributed by atoms with E-state index in [1.807, 2.05) is 0 Å². The number of rotatable bonds is 3. The van der Waals surface area contributed by atoms with Gasteiger partial charge in [-0.15, -0.1) is 0 Å². The van der Waals surface area contributed by atoms with E-state index in [0.717, 1.165) is 5.69 Å². The first kappa shape index (κ1) is 27.3. The highest BCUT2D eigenvalue weighted by Crippen LogP contribution is 2.44. The largest absolute Gasteiger partial charge is 0.309 e. The van der Waals surface area contributed by atoms with E-state index < -0.39 is 0 Å². The van der Waals surface area contributed by atoms with Crippen LogP contribution in [0.15, 0.2) is 182 Å². The fourth-order valence-corrected chi connectivity index (χ4v) is 8.64. The number of para-hydroxylation sites is 3. The molecule has 0 saturated heterocycles. The molecule has 0 radical (unpaired) electrons. The van der Waals surface area contributed by atoms with Gasteiger partial charge in [0.15, 0.2) is 0 Å². The van der Waals surface area contributed by atoms with Crippen LogP contribution in [0.1, 0.15) is 0 Å². The van der Waals surface area contributed by atoms with Gasteiger partial charge in [-0.3, -0.25) is 0 Å². The average Bonchev–Trinajstić information content (AvgIpc) is 3.71. The van der Waals surface area contributed by atoms with E-state index in [4.69, 9.17) is 0 Å². The van der Waals surface area contributed by atoms with E-state index in [0.29, 0.717) is 0 Å². The highest BCUT2D eigenvalue weighted by atomic mass is 15.0. The molecule has 0 saturated carbocycles. The molecular weight excluding hydrogens is 605 g/mol. The van der Waals surface area contributed by atoms with E-state index in [-0.39, 0.29) is 0 Å². The second kappa shape index (κ2) is 10.4. The maximum absolute atomic E-state index is 2.46. The van der Waals surface area contributed by atoms with Gasteiger partial charge in [-0.25, -0.2) is 0 Å². The summed E-state index contributed by atoms with van der Waals surface area (Å²) in [6.07, 6.45) is 0. The van der Waals surface area contributed by atoms with Gasteiger partial charge in [0.25, 0.3) is 0 Å². The Balaban J connectivity index is 1.23. The molecule has 9 aromatic carbocycles. The van der Waals surface area contributed by atoms with Gasteiger partial charge in [0, 0.05) is 32.9 Å². The van der Waals surface area contributed by atoms with Crippen LogP contribution in [0.4, 0.5) is 0 Å². The van der Waals surface area contributed by atoms with Crippen molar-refractivity contribution in [3.63, 3.8) is 0 Å². The number of benzene rings is 9. The van der Waals surface area contributed by atoms with Crippen LogP contribution in [-0.4, -0.2) is 9.13 Å². The van der Waals surface area contributed by atoms with Gasteiger partial charge < -0.3 is 9.13 Å². The predicted molar refractivity (Wildman–Crippen MR) is 213 cm³/mol. The first-order valence-corrected chi connectivity index (χ1v) is 17.3. The van der Waals surface area contributed by atoms with Gasteiger partial charge in [0.1, 0.15) is 0 Å². The van der Waals surface area contributed by atoms with Gasteiger partial charge in [0.2, 0.25) is 0 Å². The Morgan fingerprint density at radius 2 is 0.820 bits per heavy atom. The average molecular weight is 635 g/mol. The molecule has 0 aliphatic carbocycles. The standard InChI is InChI=1S/C48H30N2/c1-2-15-32(16-3-1)50-43-26-10-8-21-38(43)41-28-29-45-47(48(41)50)42-23-9-11-27-44(42)49(45)33-17-12-14-31(30-33)34-24-13-25-40-37-19-5-4-18-35(37)36-20-6-7-22-39(36)46(34)40/h1-30H. The van der Waals surface area contributed by atoms with Crippen LogP contribution in [0.3, 0.4) is 0 Å². The monoisotopic (exact) mass is 634 g/mol. The lowest BCUT2D eigenvalue weighted by molar-refractivity contribution is 1.17. The fourth-order valence-electron chi connectivity index (χ4n) is 8.64. The van der Waals surface area contributed by atoms with Gasteiger partial charge in [-0.2, -0.15) is 0 Å². The minimum Gasteiger partial charge on any atom is -0.309 e. The Hall–Kier alpha value is -6.64. The lowest BCUT2D eigenvalue weighted by Crippen LogP contribution is -1.96. The number of nitrogens with zero attached hydrogens (tertiary/aromatic N) is 2. The summed E-state index contributed by atoms with van der Waals surface area (Å²) in [5.41, 5.74) is 9.64. The topological polar surface area (TPSA) is 9.86 Å². The SMILES string of the molecule is c1ccc(-n2c3ccccc3c3ccc4c(c5ccccc5n4-c4cccc(-c5cccc6c7ccccc7c7ccccc7c56)c4)c32)cc1. The molecule has 0 N–H and O–H groups in total. The van der Waals surface area contributed by atoms with Crippen molar-refractivity contribution in [2.24, 2.45) is 0 Å². The molecule has 2 heteroatoms.